The van der Waals surface area contributed by atoms with Crippen LogP contribution < -0.4 is 16.8 Å². The highest BCUT2D eigenvalue weighted by Gasteiger charge is 2.09. The number of hydrogen-bond donors (Lipinski definition) is 3. The molecule has 5 N–H and O–H groups in total. The summed E-state index contributed by atoms with van der Waals surface area (Å²) in [5, 5.41) is 2.92. The van der Waals surface area contributed by atoms with Gasteiger partial charge in [0.1, 0.15) is 0 Å². The zero-order valence-electron chi connectivity index (χ0n) is 6.26. The quantitative estimate of drug-likeness (QED) is 0.454. The van der Waals surface area contributed by atoms with Gasteiger partial charge in [0.15, 0.2) is 0 Å². The van der Waals surface area contributed by atoms with Crippen molar-refractivity contribution in [2.45, 2.75) is 19.4 Å². The van der Waals surface area contributed by atoms with E-state index in [9.17, 15) is 4.79 Å². The number of hydrogen-bond acceptors (Lipinski definition) is 3. The molecule has 0 aliphatic rings. The van der Waals surface area contributed by atoms with Gasteiger partial charge in [0, 0.05) is 13.1 Å². The van der Waals surface area contributed by atoms with Crippen LogP contribution in [0.1, 0.15) is 13.3 Å². The summed E-state index contributed by atoms with van der Waals surface area (Å²) in [5.41, 5.74) is 10.3. The topological polar surface area (TPSA) is 81.1 Å². The summed E-state index contributed by atoms with van der Waals surface area (Å²) in [6.45, 7) is 3.07. The lowest BCUT2D eigenvalue weighted by Gasteiger charge is -2.11. The molecule has 0 aromatic heterocycles. The number of amides is 1. The molecule has 1 amide bonds. The van der Waals surface area contributed by atoms with E-state index in [1.165, 1.54) is 0 Å². The van der Waals surface area contributed by atoms with Crippen molar-refractivity contribution < 1.29 is 4.79 Å². The smallest absolute Gasteiger partial charge is 0.234 e. The SMILES string of the molecule is CCC(NCCN)C(N)=O. The third-order valence-electron chi connectivity index (χ3n) is 1.29. The molecule has 10 heavy (non-hydrogen) atoms. The van der Waals surface area contributed by atoms with Crippen molar-refractivity contribution in [3.63, 3.8) is 0 Å². The van der Waals surface area contributed by atoms with Gasteiger partial charge in [0.2, 0.25) is 5.91 Å². The highest BCUT2D eigenvalue weighted by molar-refractivity contribution is 5.79. The molecule has 4 heteroatoms. The Morgan fingerprint density at radius 1 is 1.70 bits per heavy atom. The Labute approximate surface area is 61.0 Å². The Kier molecular flexibility index (Phi) is 4.88. The van der Waals surface area contributed by atoms with Crippen LogP contribution in [0.5, 0.6) is 0 Å². The van der Waals surface area contributed by atoms with E-state index < -0.39 is 0 Å². The van der Waals surface area contributed by atoms with Crippen LogP contribution in [-0.2, 0) is 4.79 Å². The number of nitrogens with one attached hydrogen (secondary N) is 1. The summed E-state index contributed by atoms with van der Waals surface area (Å²) >= 11 is 0. The molecule has 0 saturated carbocycles. The van der Waals surface area contributed by atoms with E-state index in [0.717, 1.165) is 6.42 Å². The predicted octanol–water partition coefficient (Wildman–Crippen LogP) is -1.20. The molecule has 0 heterocycles. The van der Waals surface area contributed by atoms with Crippen LogP contribution in [0.25, 0.3) is 0 Å². The fourth-order valence-electron chi connectivity index (χ4n) is 0.704. The average Bonchev–Trinajstić information content (AvgIpc) is 1.89. The molecule has 0 fully saturated rings. The Hall–Kier alpha value is -0.610. The first-order chi connectivity index (χ1) is 4.72. The molecule has 60 valence electrons. The van der Waals surface area contributed by atoms with E-state index in [1.807, 2.05) is 6.92 Å². The summed E-state index contributed by atoms with van der Waals surface area (Å²) in [5.74, 6) is -0.309. The van der Waals surface area contributed by atoms with Crippen molar-refractivity contribution in [3.05, 3.63) is 0 Å². The van der Waals surface area contributed by atoms with E-state index >= 15 is 0 Å². The third kappa shape index (κ3) is 3.42. The Morgan fingerprint density at radius 2 is 2.30 bits per heavy atom. The lowest BCUT2D eigenvalue weighted by atomic mass is 10.2. The largest absolute Gasteiger partial charge is 0.368 e. The Balaban J connectivity index is 3.50. The second kappa shape index (κ2) is 5.20. The maximum atomic E-state index is 10.6. The number of carbonyl (C=O) groups is 1. The first kappa shape index (κ1) is 9.39. The van der Waals surface area contributed by atoms with E-state index in [0.29, 0.717) is 13.1 Å². The minimum Gasteiger partial charge on any atom is -0.368 e. The maximum absolute atomic E-state index is 10.6. The minimum absolute atomic E-state index is 0.219. The molecule has 0 rings (SSSR count). The second-order valence-electron chi connectivity index (χ2n) is 2.11. The summed E-state index contributed by atoms with van der Waals surface area (Å²) in [6.07, 6.45) is 0.718. The lowest BCUT2D eigenvalue weighted by Crippen LogP contribution is -2.42. The van der Waals surface area contributed by atoms with Gasteiger partial charge in [-0.1, -0.05) is 6.92 Å². The maximum Gasteiger partial charge on any atom is 0.234 e. The van der Waals surface area contributed by atoms with E-state index in [-0.39, 0.29) is 11.9 Å². The molecule has 0 bridgehead atoms. The number of rotatable bonds is 5. The molecule has 1 atom stereocenters. The van der Waals surface area contributed by atoms with E-state index in [2.05, 4.69) is 5.32 Å². The first-order valence-corrected chi connectivity index (χ1v) is 3.45. The van der Waals surface area contributed by atoms with Gasteiger partial charge in [0.25, 0.3) is 0 Å². The summed E-state index contributed by atoms with van der Waals surface area (Å²) < 4.78 is 0. The Morgan fingerprint density at radius 3 is 2.60 bits per heavy atom. The van der Waals surface area contributed by atoms with Gasteiger partial charge >= 0.3 is 0 Å². The van der Waals surface area contributed by atoms with Gasteiger partial charge in [-0.15, -0.1) is 0 Å². The minimum atomic E-state index is -0.309. The average molecular weight is 145 g/mol. The summed E-state index contributed by atoms with van der Waals surface area (Å²) in [4.78, 5) is 10.6. The van der Waals surface area contributed by atoms with Crippen LogP contribution in [-0.4, -0.2) is 25.0 Å². The van der Waals surface area contributed by atoms with Crippen LogP contribution >= 0.6 is 0 Å². The van der Waals surface area contributed by atoms with Gasteiger partial charge in [-0.25, -0.2) is 0 Å². The van der Waals surface area contributed by atoms with Crippen molar-refractivity contribution >= 4 is 5.91 Å². The van der Waals surface area contributed by atoms with Gasteiger partial charge < -0.3 is 16.8 Å². The molecule has 0 spiro atoms. The monoisotopic (exact) mass is 145 g/mol. The molecule has 0 radical (unpaired) electrons. The zero-order valence-corrected chi connectivity index (χ0v) is 6.26. The predicted molar refractivity (Wildman–Crippen MR) is 40.3 cm³/mol. The zero-order chi connectivity index (χ0) is 7.98. The molecule has 0 aromatic carbocycles. The number of carbonyl (C=O) groups excluding carboxylic acids is 1. The standard InChI is InChI=1S/C6H15N3O/c1-2-5(6(8)10)9-4-3-7/h5,9H,2-4,7H2,1H3,(H2,8,10). The van der Waals surface area contributed by atoms with Crippen molar-refractivity contribution in [2.75, 3.05) is 13.1 Å². The third-order valence-corrected chi connectivity index (χ3v) is 1.29. The number of primary amides is 1. The van der Waals surface area contributed by atoms with Crippen LogP contribution in [0.4, 0.5) is 0 Å². The lowest BCUT2D eigenvalue weighted by molar-refractivity contribution is -0.120. The van der Waals surface area contributed by atoms with Crippen LogP contribution in [0.2, 0.25) is 0 Å². The van der Waals surface area contributed by atoms with Crippen molar-refractivity contribution in [2.24, 2.45) is 11.5 Å². The molecular formula is C6H15N3O. The highest BCUT2D eigenvalue weighted by Crippen LogP contribution is 1.86. The highest BCUT2D eigenvalue weighted by atomic mass is 16.1. The molecular weight excluding hydrogens is 130 g/mol. The molecule has 0 aliphatic heterocycles. The fraction of sp³-hybridized carbons (Fsp3) is 0.833. The van der Waals surface area contributed by atoms with Gasteiger partial charge in [-0.05, 0) is 6.42 Å². The van der Waals surface area contributed by atoms with Crippen LogP contribution in [0.15, 0.2) is 0 Å². The van der Waals surface area contributed by atoms with Gasteiger partial charge in [-0.3, -0.25) is 4.79 Å². The summed E-state index contributed by atoms with van der Waals surface area (Å²) in [7, 11) is 0. The van der Waals surface area contributed by atoms with Crippen molar-refractivity contribution in [1.82, 2.24) is 5.32 Å². The van der Waals surface area contributed by atoms with E-state index in [4.69, 9.17) is 11.5 Å². The normalized spacial score (nSPS) is 13.0. The van der Waals surface area contributed by atoms with Crippen molar-refractivity contribution in [1.29, 1.82) is 0 Å². The second-order valence-corrected chi connectivity index (χ2v) is 2.11. The molecule has 0 aliphatic carbocycles. The molecule has 4 nitrogen and oxygen atoms in total. The van der Waals surface area contributed by atoms with E-state index in [1.54, 1.807) is 0 Å². The molecule has 1 unspecified atom stereocenters. The van der Waals surface area contributed by atoms with Crippen molar-refractivity contribution in [3.8, 4) is 0 Å². The van der Waals surface area contributed by atoms with Crippen LogP contribution in [0, 0.1) is 0 Å². The molecule has 0 saturated heterocycles. The summed E-state index contributed by atoms with van der Waals surface area (Å²) in [6, 6.07) is -0.219. The van der Waals surface area contributed by atoms with Crippen LogP contribution in [0.3, 0.4) is 0 Å². The fourth-order valence-corrected chi connectivity index (χ4v) is 0.704. The molecule has 0 aromatic rings. The van der Waals surface area contributed by atoms with Gasteiger partial charge in [-0.2, -0.15) is 0 Å². The van der Waals surface area contributed by atoms with Gasteiger partial charge in [0.05, 0.1) is 6.04 Å². The Bertz CT molecular complexity index is 105. The first-order valence-electron chi connectivity index (χ1n) is 3.45. The number of nitrogens with two attached hydrogens (primary N) is 2.